The summed E-state index contributed by atoms with van der Waals surface area (Å²) in [4.78, 5) is 3.06. The number of nitrogens with zero attached hydrogens (tertiary/aromatic N) is 1. The maximum absolute atomic E-state index is 3.06. The number of rotatable bonds is 3. The van der Waals surface area contributed by atoms with E-state index in [1.165, 1.54) is 51.5 Å². The second kappa shape index (κ2) is 5.63. The van der Waals surface area contributed by atoms with Crippen molar-refractivity contribution in [3.8, 4) is 0 Å². The SMILES string of the molecule is CCCCN1C2CCCCC2C2CC3CCCCC3C21. The van der Waals surface area contributed by atoms with Gasteiger partial charge in [-0.15, -0.1) is 0 Å². The molecule has 0 aromatic rings. The lowest BCUT2D eigenvalue weighted by molar-refractivity contribution is 0.0936. The first kappa shape index (κ1) is 13.6. The van der Waals surface area contributed by atoms with Crippen LogP contribution in [0.15, 0.2) is 0 Å². The Kier molecular flexibility index (Phi) is 3.83. The number of hydrogen-bond donors (Lipinski definition) is 0. The maximum atomic E-state index is 3.06. The molecule has 4 aliphatic rings. The van der Waals surface area contributed by atoms with E-state index in [1.54, 1.807) is 25.7 Å². The molecule has 0 spiro atoms. The Morgan fingerprint density at radius 3 is 2.45 bits per heavy atom. The average molecular weight is 275 g/mol. The second-order valence-electron chi connectivity index (χ2n) is 8.21. The molecule has 3 aliphatic carbocycles. The zero-order valence-electron chi connectivity index (χ0n) is 13.4. The summed E-state index contributed by atoms with van der Waals surface area (Å²) >= 11 is 0. The van der Waals surface area contributed by atoms with Crippen molar-refractivity contribution in [2.24, 2.45) is 23.7 Å². The van der Waals surface area contributed by atoms with Crippen molar-refractivity contribution >= 4 is 0 Å². The van der Waals surface area contributed by atoms with Gasteiger partial charge in [-0.25, -0.2) is 0 Å². The van der Waals surface area contributed by atoms with Gasteiger partial charge in [0, 0.05) is 12.1 Å². The maximum Gasteiger partial charge on any atom is 0.0161 e. The summed E-state index contributed by atoms with van der Waals surface area (Å²) in [5.74, 6) is 4.41. The first-order valence-corrected chi connectivity index (χ1v) is 9.66. The molecule has 6 atom stereocenters. The molecule has 0 aromatic carbocycles. The van der Waals surface area contributed by atoms with Gasteiger partial charge in [0.25, 0.3) is 0 Å². The van der Waals surface area contributed by atoms with E-state index < -0.39 is 0 Å². The quantitative estimate of drug-likeness (QED) is 0.711. The molecule has 0 aromatic heterocycles. The van der Waals surface area contributed by atoms with Crippen molar-refractivity contribution < 1.29 is 0 Å². The lowest BCUT2D eigenvalue weighted by atomic mass is 9.78. The highest BCUT2D eigenvalue weighted by atomic mass is 15.2. The molecule has 1 heterocycles. The van der Waals surface area contributed by atoms with Gasteiger partial charge in [0.2, 0.25) is 0 Å². The number of hydrogen-bond acceptors (Lipinski definition) is 1. The zero-order valence-corrected chi connectivity index (χ0v) is 13.4. The van der Waals surface area contributed by atoms with Gasteiger partial charge in [0.05, 0.1) is 0 Å². The molecule has 0 radical (unpaired) electrons. The Morgan fingerprint density at radius 2 is 1.60 bits per heavy atom. The van der Waals surface area contributed by atoms with Gasteiger partial charge in [0.1, 0.15) is 0 Å². The Morgan fingerprint density at radius 1 is 0.850 bits per heavy atom. The first-order chi connectivity index (χ1) is 9.90. The van der Waals surface area contributed by atoms with Crippen molar-refractivity contribution in [2.45, 2.75) is 89.6 Å². The number of unbranched alkanes of at least 4 members (excludes halogenated alkanes) is 1. The van der Waals surface area contributed by atoms with Gasteiger partial charge >= 0.3 is 0 Å². The highest BCUT2D eigenvalue weighted by Gasteiger charge is 2.57. The monoisotopic (exact) mass is 275 g/mol. The van der Waals surface area contributed by atoms with Crippen LogP contribution in [0.1, 0.15) is 77.6 Å². The van der Waals surface area contributed by atoms with Gasteiger partial charge in [-0.1, -0.05) is 45.4 Å². The molecule has 20 heavy (non-hydrogen) atoms. The van der Waals surface area contributed by atoms with Crippen LogP contribution in [0.5, 0.6) is 0 Å². The molecule has 1 nitrogen and oxygen atoms in total. The highest BCUT2D eigenvalue weighted by molar-refractivity contribution is 5.09. The third-order valence-corrected chi connectivity index (χ3v) is 7.33. The number of likely N-dealkylation sites (tertiary alicyclic amines) is 1. The van der Waals surface area contributed by atoms with Gasteiger partial charge in [0.15, 0.2) is 0 Å². The standard InChI is InChI=1S/C19H33N/c1-2-3-12-20-18-11-7-6-10-16(18)17-13-14-8-4-5-9-15(14)19(17)20/h14-19H,2-13H2,1H3. The number of fused-ring (bicyclic) bond motifs is 5. The summed E-state index contributed by atoms with van der Waals surface area (Å²) in [6.45, 7) is 3.78. The van der Waals surface area contributed by atoms with Crippen LogP contribution >= 0.6 is 0 Å². The average Bonchev–Trinajstić information content (AvgIpc) is 3.01. The van der Waals surface area contributed by atoms with Crippen molar-refractivity contribution in [3.05, 3.63) is 0 Å². The Balaban J connectivity index is 1.58. The fraction of sp³-hybridized carbons (Fsp3) is 1.00. The van der Waals surface area contributed by atoms with Crippen LogP contribution in [0.4, 0.5) is 0 Å². The minimum Gasteiger partial charge on any atom is -0.297 e. The molecule has 6 unspecified atom stereocenters. The third kappa shape index (κ3) is 2.07. The lowest BCUT2D eigenvalue weighted by Crippen LogP contribution is -2.43. The fourth-order valence-corrected chi connectivity index (χ4v) is 6.63. The van der Waals surface area contributed by atoms with E-state index in [-0.39, 0.29) is 0 Å². The van der Waals surface area contributed by atoms with Gasteiger partial charge in [-0.2, -0.15) is 0 Å². The minimum absolute atomic E-state index is 0.994. The summed E-state index contributed by atoms with van der Waals surface area (Å²) < 4.78 is 0. The predicted molar refractivity (Wildman–Crippen MR) is 84.7 cm³/mol. The van der Waals surface area contributed by atoms with Gasteiger partial charge in [-0.3, -0.25) is 4.90 Å². The molecule has 0 N–H and O–H groups in total. The summed E-state index contributed by atoms with van der Waals surface area (Å²) in [7, 11) is 0. The van der Waals surface area contributed by atoms with Crippen LogP contribution in [0, 0.1) is 23.7 Å². The van der Waals surface area contributed by atoms with E-state index in [2.05, 4.69) is 11.8 Å². The van der Waals surface area contributed by atoms with E-state index in [0.29, 0.717) is 0 Å². The van der Waals surface area contributed by atoms with E-state index in [1.807, 2.05) is 0 Å². The van der Waals surface area contributed by atoms with Crippen LogP contribution in [0.3, 0.4) is 0 Å². The zero-order chi connectivity index (χ0) is 13.5. The Hall–Kier alpha value is -0.0400. The van der Waals surface area contributed by atoms with Crippen molar-refractivity contribution in [2.75, 3.05) is 6.54 Å². The molecule has 3 saturated carbocycles. The Labute approximate surface area is 125 Å². The first-order valence-electron chi connectivity index (χ1n) is 9.66. The predicted octanol–water partition coefficient (Wildman–Crippen LogP) is 4.86. The second-order valence-corrected chi connectivity index (χ2v) is 8.21. The van der Waals surface area contributed by atoms with Crippen molar-refractivity contribution in [1.82, 2.24) is 4.90 Å². The fourth-order valence-electron chi connectivity index (χ4n) is 6.63. The van der Waals surface area contributed by atoms with E-state index in [9.17, 15) is 0 Å². The van der Waals surface area contributed by atoms with Crippen LogP contribution in [-0.4, -0.2) is 23.5 Å². The molecule has 114 valence electrons. The Bertz CT molecular complexity index is 330. The molecule has 0 bridgehead atoms. The summed E-state index contributed by atoms with van der Waals surface area (Å²) in [6, 6.07) is 2.01. The third-order valence-electron chi connectivity index (χ3n) is 7.33. The van der Waals surface area contributed by atoms with Crippen LogP contribution < -0.4 is 0 Å². The topological polar surface area (TPSA) is 3.24 Å². The van der Waals surface area contributed by atoms with Crippen molar-refractivity contribution in [3.63, 3.8) is 0 Å². The van der Waals surface area contributed by atoms with E-state index in [0.717, 1.165) is 35.8 Å². The molecule has 1 heteroatoms. The van der Waals surface area contributed by atoms with Crippen LogP contribution in [0.25, 0.3) is 0 Å². The molecule has 4 rings (SSSR count). The van der Waals surface area contributed by atoms with Gasteiger partial charge < -0.3 is 0 Å². The smallest absolute Gasteiger partial charge is 0.0161 e. The van der Waals surface area contributed by atoms with Crippen molar-refractivity contribution in [1.29, 1.82) is 0 Å². The normalized spacial score (nSPS) is 47.9. The summed E-state index contributed by atoms with van der Waals surface area (Å²) in [6.07, 6.45) is 16.7. The molecular formula is C19H33N. The summed E-state index contributed by atoms with van der Waals surface area (Å²) in [5, 5.41) is 0. The summed E-state index contributed by atoms with van der Waals surface area (Å²) in [5.41, 5.74) is 0. The molecule has 4 fully saturated rings. The highest BCUT2D eigenvalue weighted by Crippen LogP contribution is 2.57. The lowest BCUT2D eigenvalue weighted by Gasteiger charge is -2.39. The molecule has 0 amide bonds. The van der Waals surface area contributed by atoms with E-state index in [4.69, 9.17) is 0 Å². The molecule has 1 saturated heterocycles. The molecule has 1 aliphatic heterocycles. The minimum atomic E-state index is 0.994. The van der Waals surface area contributed by atoms with E-state index >= 15 is 0 Å². The largest absolute Gasteiger partial charge is 0.297 e. The molecular weight excluding hydrogens is 242 g/mol. The van der Waals surface area contributed by atoms with Crippen LogP contribution in [0.2, 0.25) is 0 Å². The van der Waals surface area contributed by atoms with Gasteiger partial charge in [-0.05, 0) is 62.3 Å². The van der Waals surface area contributed by atoms with Crippen LogP contribution in [-0.2, 0) is 0 Å².